The van der Waals surface area contributed by atoms with Gasteiger partial charge >= 0.3 is 0 Å². The highest BCUT2D eigenvalue weighted by atomic mass is 79.9. The van der Waals surface area contributed by atoms with Crippen molar-refractivity contribution in [3.8, 4) is 0 Å². The molecule has 1 aromatic rings. The van der Waals surface area contributed by atoms with E-state index in [1.54, 1.807) is 0 Å². The highest BCUT2D eigenvalue weighted by Gasteiger charge is 2.26. The number of nitrogens with one attached hydrogen (secondary N) is 1. The minimum absolute atomic E-state index is 0. The van der Waals surface area contributed by atoms with Crippen molar-refractivity contribution in [2.24, 2.45) is 5.92 Å². The monoisotopic (exact) mass is 383 g/mol. The molecule has 1 aromatic heterocycles. The van der Waals surface area contributed by atoms with Crippen molar-refractivity contribution in [1.82, 2.24) is 15.2 Å². The van der Waals surface area contributed by atoms with Crippen molar-refractivity contribution in [1.29, 1.82) is 0 Å². The van der Waals surface area contributed by atoms with Crippen molar-refractivity contribution >= 4 is 40.7 Å². The number of hydrogen-bond donors (Lipinski definition) is 1. The van der Waals surface area contributed by atoms with Gasteiger partial charge in [-0.1, -0.05) is 20.3 Å². The summed E-state index contributed by atoms with van der Waals surface area (Å²) in [5.74, 6) is 0.664. The van der Waals surface area contributed by atoms with Gasteiger partial charge in [0.1, 0.15) is 4.60 Å². The molecule has 6 heteroatoms. The first kappa shape index (κ1) is 20.1. The van der Waals surface area contributed by atoms with Crippen molar-refractivity contribution in [3.05, 3.63) is 28.5 Å². The zero-order chi connectivity index (χ0) is 13.0. The predicted molar refractivity (Wildman–Crippen MR) is 93.1 cm³/mol. The lowest BCUT2D eigenvalue weighted by atomic mass is 9.91. The Kier molecular flexibility index (Phi) is 10.0. The van der Waals surface area contributed by atoms with Crippen LogP contribution >= 0.6 is 40.7 Å². The summed E-state index contributed by atoms with van der Waals surface area (Å²) in [4.78, 5) is 6.84. The van der Waals surface area contributed by atoms with Crippen molar-refractivity contribution in [3.63, 3.8) is 0 Å². The molecule has 2 rings (SSSR count). The van der Waals surface area contributed by atoms with Gasteiger partial charge in [0.05, 0.1) is 0 Å². The van der Waals surface area contributed by atoms with Gasteiger partial charge in [-0.25, -0.2) is 4.98 Å². The maximum absolute atomic E-state index is 4.24. The maximum Gasteiger partial charge on any atom is 0.106 e. The average molecular weight is 385 g/mol. The van der Waals surface area contributed by atoms with E-state index < -0.39 is 0 Å². The molecule has 0 aliphatic carbocycles. The SMILES string of the molecule is CCC(C)[C@H](c1ccnc(Br)c1)N1CCNCC1.Cl.Cl. The molecule has 3 nitrogen and oxygen atoms in total. The molecule has 1 aliphatic rings. The van der Waals surface area contributed by atoms with Crippen LogP contribution in [0.3, 0.4) is 0 Å². The first-order valence-electron chi connectivity index (χ1n) is 6.78. The molecule has 1 N–H and O–H groups in total. The van der Waals surface area contributed by atoms with E-state index in [1.807, 2.05) is 6.20 Å². The standard InChI is InChI=1S/C14H22BrN3.2ClH/c1-3-11(2)14(18-8-6-16-7-9-18)12-4-5-17-13(15)10-12;;/h4-5,10-11,14,16H,3,6-9H2,1-2H3;2*1H/t11?,14-;;/m1../s1. The van der Waals surface area contributed by atoms with Crippen LogP contribution in [0.5, 0.6) is 0 Å². The zero-order valence-corrected chi connectivity index (χ0v) is 15.2. The Bertz CT molecular complexity index is 386. The smallest absolute Gasteiger partial charge is 0.106 e. The normalized spacial score (nSPS) is 18.6. The lowest BCUT2D eigenvalue weighted by Gasteiger charge is -2.38. The third kappa shape index (κ3) is 5.15. The van der Waals surface area contributed by atoms with Crippen LogP contribution in [0.2, 0.25) is 0 Å². The predicted octanol–water partition coefficient (Wildman–Crippen LogP) is 3.68. The third-order valence-electron chi connectivity index (χ3n) is 3.82. The number of pyridine rings is 1. The molecule has 1 fully saturated rings. The Morgan fingerprint density at radius 2 is 2.00 bits per heavy atom. The molecule has 0 bridgehead atoms. The lowest BCUT2D eigenvalue weighted by Crippen LogP contribution is -2.46. The number of aromatic nitrogens is 1. The highest BCUT2D eigenvalue weighted by molar-refractivity contribution is 9.10. The Balaban J connectivity index is 0.00000180. The molecule has 116 valence electrons. The van der Waals surface area contributed by atoms with Gasteiger partial charge in [0.15, 0.2) is 0 Å². The van der Waals surface area contributed by atoms with Crippen LogP contribution in [0.15, 0.2) is 22.9 Å². The van der Waals surface area contributed by atoms with Gasteiger partial charge in [-0.05, 0) is 39.5 Å². The number of nitrogens with zero attached hydrogens (tertiary/aromatic N) is 2. The summed E-state index contributed by atoms with van der Waals surface area (Å²) in [7, 11) is 0. The van der Waals surface area contributed by atoms with Gasteiger partial charge in [0, 0.05) is 38.4 Å². The molecule has 0 radical (unpaired) electrons. The summed E-state index contributed by atoms with van der Waals surface area (Å²) in [6, 6.07) is 4.83. The summed E-state index contributed by atoms with van der Waals surface area (Å²) in [5.41, 5.74) is 1.38. The van der Waals surface area contributed by atoms with Crippen LogP contribution in [-0.4, -0.2) is 36.1 Å². The molecule has 1 unspecified atom stereocenters. The topological polar surface area (TPSA) is 28.2 Å². The molecular formula is C14H24BrCl2N3. The van der Waals surface area contributed by atoms with E-state index in [2.05, 4.69) is 57.1 Å². The Morgan fingerprint density at radius 1 is 1.35 bits per heavy atom. The van der Waals surface area contributed by atoms with Gasteiger partial charge in [-0.2, -0.15) is 0 Å². The van der Waals surface area contributed by atoms with Gasteiger partial charge < -0.3 is 5.32 Å². The second-order valence-corrected chi connectivity index (χ2v) is 5.84. The van der Waals surface area contributed by atoms with Crippen LogP contribution in [-0.2, 0) is 0 Å². The number of halogens is 3. The summed E-state index contributed by atoms with van der Waals surface area (Å²) in [5, 5.41) is 3.43. The summed E-state index contributed by atoms with van der Waals surface area (Å²) < 4.78 is 0.934. The first-order chi connectivity index (χ1) is 8.72. The van der Waals surface area contributed by atoms with Crippen LogP contribution in [0.4, 0.5) is 0 Å². The minimum Gasteiger partial charge on any atom is -0.314 e. The maximum atomic E-state index is 4.24. The summed E-state index contributed by atoms with van der Waals surface area (Å²) in [6.07, 6.45) is 3.10. The Hall–Kier alpha value is 0.130. The van der Waals surface area contributed by atoms with Gasteiger partial charge in [0.25, 0.3) is 0 Å². The largest absolute Gasteiger partial charge is 0.314 e. The molecule has 1 saturated heterocycles. The fraction of sp³-hybridized carbons (Fsp3) is 0.643. The van der Waals surface area contributed by atoms with E-state index >= 15 is 0 Å². The Morgan fingerprint density at radius 3 is 2.55 bits per heavy atom. The van der Waals surface area contributed by atoms with Gasteiger partial charge in [-0.3, -0.25) is 4.90 Å². The van der Waals surface area contributed by atoms with Crippen LogP contribution < -0.4 is 5.32 Å². The van der Waals surface area contributed by atoms with E-state index in [-0.39, 0.29) is 24.8 Å². The molecule has 2 heterocycles. The third-order valence-corrected chi connectivity index (χ3v) is 4.25. The van der Waals surface area contributed by atoms with E-state index in [0.29, 0.717) is 12.0 Å². The van der Waals surface area contributed by atoms with Crippen molar-refractivity contribution in [2.45, 2.75) is 26.3 Å². The quantitative estimate of drug-likeness (QED) is 0.802. The fourth-order valence-electron chi connectivity index (χ4n) is 2.68. The van der Waals surface area contributed by atoms with Crippen molar-refractivity contribution < 1.29 is 0 Å². The molecule has 0 amide bonds. The molecule has 0 saturated carbocycles. The average Bonchev–Trinajstić information content (AvgIpc) is 2.40. The number of hydrogen-bond acceptors (Lipinski definition) is 3. The van der Waals surface area contributed by atoms with Crippen LogP contribution in [0.1, 0.15) is 31.9 Å². The van der Waals surface area contributed by atoms with E-state index in [1.165, 1.54) is 12.0 Å². The molecule has 2 atom stereocenters. The summed E-state index contributed by atoms with van der Waals surface area (Å²) in [6.45, 7) is 9.08. The number of piperazine rings is 1. The van der Waals surface area contributed by atoms with E-state index in [9.17, 15) is 0 Å². The Labute approximate surface area is 142 Å². The van der Waals surface area contributed by atoms with Crippen LogP contribution in [0.25, 0.3) is 0 Å². The fourth-order valence-corrected chi connectivity index (χ4v) is 3.07. The second-order valence-electron chi connectivity index (χ2n) is 5.03. The van der Waals surface area contributed by atoms with E-state index in [4.69, 9.17) is 0 Å². The molecule has 0 aromatic carbocycles. The molecule has 1 aliphatic heterocycles. The molecular weight excluding hydrogens is 361 g/mol. The lowest BCUT2D eigenvalue weighted by molar-refractivity contribution is 0.128. The minimum atomic E-state index is 0. The van der Waals surface area contributed by atoms with Crippen molar-refractivity contribution in [2.75, 3.05) is 26.2 Å². The van der Waals surface area contributed by atoms with E-state index in [0.717, 1.165) is 30.8 Å². The highest BCUT2D eigenvalue weighted by Crippen LogP contribution is 2.31. The second kappa shape index (κ2) is 9.96. The first-order valence-corrected chi connectivity index (χ1v) is 7.58. The number of rotatable bonds is 4. The molecule has 20 heavy (non-hydrogen) atoms. The van der Waals surface area contributed by atoms with Crippen LogP contribution in [0, 0.1) is 5.92 Å². The summed E-state index contributed by atoms with van der Waals surface area (Å²) >= 11 is 3.48. The van der Waals surface area contributed by atoms with Gasteiger partial charge in [0.2, 0.25) is 0 Å². The zero-order valence-electron chi connectivity index (χ0n) is 12.0. The van der Waals surface area contributed by atoms with Gasteiger partial charge in [-0.15, -0.1) is 24.8 Å². The molecule has 0 spiro atoms.